The number of nitrogens with one attached hydrogen (secondary N) is 2. The maximum atomic E-state index is 11.2. The van der Waals surface area contributed by atoms with Crippen molar-refractivity contribution in [2.45, 2.75) is 33.2 Å². The van der Waals surface area contributed by atoms with Crippen LogP contribution in [0.25, 0.3) is 0 Å². The molecule has 0 aliphatic carbocycles. The van der Waals surface area contributed by atoms with E-state index >= 15 is 0 Å². The van der Waals surface area contributed by atoms with Crippen molar-refractivity contribution in [2.24, 2.45) is 10.9 Å². The molecule has 0 saturated carbocycles. The quantitative estimate of drug-likeness (QED) is 0.426. The summed E-state index contributed by atoms with van der Waals surface area (Å²) in [5, 5.41) is 6.28. The molecule has 0 radical (unpaired) electrons. The van der Waals surface area contributed by atoms with Crippen molar-refractivity contribution < 1.29 is 9.53 Å². The Labute approximate surface area is 97.7 Å². The fraction of sp³-hybridized carbons (Fsp3) is 0.818. The Hall–Kier alpha value is -1.26. The van der Waals surface area contributed by atoms with Crippen molar-refractivity contribution in [3.63, 3.8) is 0 Å². The van der Waals surface area contributed by atoms with Crippen LogP contribution in [0.4, 0.5) is 0 Å². The van der Waals surface area contributed by atoms with Crippen LogP contribution < -0.4 is 10.6 Å². The van der Waals surface area contributed by atoms with Crippen LogP contribution in [-0.2, 0) is 9.53 Å². The van der Waals surface area contributed by atoms with Crippen molar-refractivity contribution in [1.82, 2.24) is 10.6 Å². The number of ether oxygens (including phenoxy) is 1. The average molecular weight is 229 g/mol. The highest BCUT2D eigenvalue weighted by Gasteiger charge is 2.15. The van der Waals surface area contributed by atoms with E-state index in [-0.39, 0.29) is 17.4 Å². The zero-order valence-corrected chi connectivity index (χ0v) is 11.0. The third-order valence-electron chi connectivity index (χ3n) is 1.90. The molecule has 2 N–H and O–H groups in total. The molecule has 0 fully saturated rings. The van der Waals surface area contributed by atoms with E-state index in [0.717, 1.165) is 0 Å². The van der Waals surface area contributed by atoms with Gasteiger partial charge in [0.15, 0.2) is 5.96 Å². The largest absolute Gasteiger partial charge is 0.469 e. The molecular formula is C11H23N3O2. The van der Waals surface area contributed by atoms with E-state index in [4.69, 9.17) is 0 Å². The molecule has 0 aromatic heterocycles. The van der Waals surface area contributed by atoms with Crippen molar-refractivity contribution in [3.05, 3.63) is 0 Å². The van der Waals surface area contributed by atoms with Gasteiger partial charge >= 0.3 is 5.97 Å². The Morgan fingerprint density at radius 2 is 2.00 bits per heavy atom. The fourth-order valence-corrected chi connectivity index (χ4v) is 1.07. The molecule has 0 amide bonds. The molecule has 16 heavy (non-hydrogen) atoms. The lowest BCUT2D eigenvalue weighted by molar-refractivity contribution is -0.144. The number of esters is 1. The highest BCUT2D eigenvalue weighted by Crippen LogP contribution is 1.99. The molecule has 0 aliphatic rings. The van der Waals surface area contributed by atoms with Gasteiger partial charge in [-0.2, -0.15) is 0 Å². The second-order valence-corrected chi connectivity index (χ2v) is 4.75. The normalized spacial score (nSPS) is 14.2. The number of methoxy groups -OCH3 is 1. The minimum Gasteiger partial charge on any atom is -0.469 e. The van der Waals surface area contributed by atoms with Crippen LogP contribution in [0.15, 0.2) is 4.99 Å². The summed E-state index contributed by atoms with van der Waals surface area (Å²) in [6.45, 7) is 8.45. The van der Waals surface area contributed by atoms with Crippen LogP contribution >= 0.6 is 0 Å². The molecule has 5 nitrogen and oxygen atoms in total. The van der Waals surface area contributed by atoms with Gasteiger partial charge in [-0.05, 0) is 20.8 Å². The summed E-state index contributed by atoms with van der Waals surface area (Å²) in [6.07, 6.45) is 0. The van der Waals surface area contributed by atoms with Crippen molar-refractivity contribution >= 4 is 11.9 Å². The number of rotatable bonds is 3. The molecule has 0 aliphatic heterocycles. The van der Waals surface area contributed by atoms with Crippen LogP contribution in [-0.4, -0.2) is 38.2 Å². The van der Waals surface area contributed by atoms with Crippen molar-refractivity contribution in [3.8, 4) is 0 Å². The van der Waals surface area contributed by atoms with E-state index < -0.39 is 0 Å². The molecule has 1 atom stereocenters. The van der Waals surface area contributed by atoms with Crippen LogP contribution in [0.3, 0.4) is 0 Å². The minimum absolute atomic E-state index is 0.0592. The van der Waals surface area contributed by atoms with Crippen LogP contribution in [0, 0.1) is 5.92 Å². The van der Waals surface area contributed by atoms with Gasteiger partial charge in [0.2, 0.25) is 0 Å². The molecule has 1 unspecified atom stereocenters. The summed E-state index contributed by atoms with van der Waals surface area (Å²) in [5.41, 5.74) is -0.0592. The zero-order valence-electron chi connectivity index (χ0n) is 11.0. The number of guanidine groups is 1. The molecule has 0 bridgehead atoms. The lowest BCUT2D eigenvalue weighted by Crippen LogP contribution is -2.48. The smallest absolute Gasteiger partial charge is 0.310 e. The molecule has 0 aromatic carbocycles. The first-order valence-electron chi connectivity index (χ1n) is 5.37. The summed E-state index contributed by atoms with van der Waals surface area (Å²) in [4.78, 5) is 15.2. The van der Waals surface area contributed by atoms with E-state index in [2.05, 4.69) is 20.4 Å². The van der Waals surface area contributed by atoms with E-state index in [9.17, 15) is 4.79 Å². The van der Waals surface area contributed by atoms with Gasteiger partial charge in [-0.3, -0.25) is 9.79 Å². The molecule has 5 heteroatoms. The first-order valence-corrected chi connectivity index (χ1v) is 5.37. The summed E-state index contributed by atoms with van der Waals surface area (Å²) < 4.78 is 4.64. The van der Waals surface area contributed by atoms with E-state index in [1.807, 2.05) is 27.7 Å². The number of nitrogens with zero attached hydrogens (tertiary/aromatic N) is 1. The first-order chi connectivity index (χ1) is 7.30. The molecule has 0 rings (SSSR count). The van der Waals surface area contributed by atoms with Gasteiger partial charge in [0.1, 0.15) is 0 Å². The maximum absolute atomic E-state index is 11.2. The summed E-state index contributed by atoms with van der Waals surface area (Å²) in [5.74, 6) is 0.269. The van der Waals surface area contributed by atoms with Gasteiger partial charge in [0.05, 0.1) is 13.0 Å². The highest BCUT2D eigenvalue weighted by atomic mass is 16.5. The Kier molecular flexibility index (Phi) is 5.85. The number of carbonyl (C=O) groups excluding carboxylic acids is 1. The Morgan fingerprint density at radius 3 is 2.38 bits per heavy atom. The summed E-state index contributed by atoms with van der Waals surface area (Å²) in [7, 11) is 3.09. The van der Waals surface area contributed by atoms with Crippen LogP contribution in [0.1, 0.15) is 27.7 Å². The second-order valence-electron chi connectivity index (χ2n) is 4.75. The number of hydrogen-bond acceptors (Lipinski definition) is 3. The number of carbonyl (C=O) groups is 1. The lowest BCUT2D eigenvalue weighted by atomic mass is 10.1. The van der Waals surface area contributed by atoms with Gasteiger partial charge in [0.25, 0.3) is 0 Å². The van der Waals surface area contributed by atoms with Gasteiger partial charge in [-0.15, -0.1) is 0 Å². The lowest BCUT2D eigenvalue weighted by Gasteiger charge is -2.24. The Bertz CT molecular complexity index is 256. The molecule has 0 spiro atoms. The molecule has 0 aromatic rings. The predicted octanol–water partition coefficient (Wildman–Crippen LogP) is 0.759. The van der Waals surface area contributed by atoms with Gasteiger partial charge in [0, 0.05) is 19.1 Å². The average Bonchev–Trinajstić information content (AvgIpc) is 2.20. The zero-order chi connectivity index (χ0) is 12.8. The third-order valence-corrected chi connectivity index (χ3v) is 1.90. The van der Waals surface area contributed by atoms with Gasteiger partial charge in [-0.1, -0.05) is 6.92 Å². The highest BCUT2D eigenvalue weighted by molar-refractivity contribution is 5.81. The van der Waals surface area contributed by atoms with Crippen LogP contribution in [0.5, 0.6) is 0 Å². The standard InChI is InChI=1S/C11H23N3O2/c1-8(9(15)16-6)7-13-10(12-5)14-11(2,3)4/h8H,7H2,1-6H3,(H2,12,13,14). The molecule has 94 valence electrons. The van der Waals surface area contributed by atoms with E-state index in [0.29, 0.717) is 12.5 Å². The Morgan fingerprint density at radius 1 is 1.44 bits per heavy atom. The van der Waals surface area contributed by atoms with Gasteiger partial charge < -0.3 is 15.4 Å². The van der Waals surface area contributed by atoms with E-state index in [1.165, 1.54) is 7.11 Å². The monoisotopic (exact) mass is 229 g/mol. The summed E-state index contributed by atoms with van der Waals surface area (Å²) >= 11 is 0. The SMILES string of the molecule is CN=C(NCC(C)C(=O)OC)NC(C)(C)C. The van der Waals surface area contributed by atoms with Crippen LogP contribution in [0.2, 0.25) is 0 Å². The molecule has 0 saturated heterocycles. The minimum atomic E-state index is -0.223. The molecule has 0 heterocycles. The summed E-state index contributed by atoms with van der Waals surface area (Å²) in [6, 6.07) is 0. The predicted molar refractivity (Wildman–Crippen MR) is 65.4 cm³/mol. The van der Waals surface area contributed by atoms with Crippen molar-refractivity contribution in [1.29, 1.82) is 0 Å². The Balaban J connectivity index is 4.12. The van der Waals surface area contributed by atoms with E-state index in [1.54, 1.807) is 7.05 Å². The molecular weight excluding hydrogens is 206 g/mol. The van der Waals surface area contributed by atoms with Gasteiger partial charge in [-0.25, -0.2) is 0 Å². The second kappa shape index (κ2) is 6.35. The first kappa shape index (κ1) is 14.7. The maximum Gasteiger partial charge on any atom is 0.310 e. The number of aliphatic imine (C=N–C) groups is 1. The fourth-order valence-electron chi connectivity index (χ4n) is 1.07. The van der Waals surface area contributed by atoms with Crippen molar-refractivity contribution in [2.75, 3.05) is 20.7 Å². The topological polar surface area (TPSA) is 62.7 Å². The number of hydrogen-bond donors (Lipinski definition) is 2. The third kappa shape index (κ3) is 6.27.